The summed E-state index contributed by atoms with van der Waals surface area (Å²) in [6, 6.07) is 7.69. The van der Waals surface area contributed by atoms with E-state index in [1.807, 2.05) is 36.0 Å². The fourth-order valence-electron chi connectivity index (χ4n) is 1.97. The molecule has 0 radical (unpaired) electrons. The van der Waals surface area contributed by atoms with Crippen molar-refractivity contribution in [2.24, 2.45) is 7.05 Å². The van der Waals surface area contributed by atoms with E-state index < -0.39 is 6.10 Å². The molecule has 0 amide bonds. The molecule has 102 valence electrons. The van der Waals surface area contributed by atoms with Crippen LogP contribution in [-0.4, -0.2) is 14.9 Å². The van der Waals surface area contributed by atoms with Gasteiger partial charge < -0.3 is 5.11 Å². The van der Waals surface area contributed by atoms with Gasteiger partial charge in [0.05, 0.1) is 16.8 Å². The van der Waals surface area contributed by atoms with Crippen LogP contribution in [0.1, 0.15) is 30.0 Å². The molecule has 1 heterocycles. The molecule has 2 rings (SSSR count). The first kappa shape index (κ1) is 14.8. The highest BCUT2D eigenvalue weighted by atomic mass is 127. The van der Waals surface area contributed by atoms with Gasteiger partial charge in [0.25, 0.3) is 0 Å². The molecule has 1 aromatic carbocycles. The molecular weight excluding hydrogens is 375 g/mol. The predicted octanol–water partition coefficient (Wildman–Crippen LogP) is 3.52. The fraction of sp³-hybridized carbons (Fsp3) is 0.357. The molecule has 0 fully saturated rings. The van der Waals surface area contributed by atoms with Crippen molar-refractivity contribution in [3.05, 3.63) is 49.8 Å². The number of aliphatic hydroxyl groups is 1. The number of aryl methyl sites for hydroxylation is 2. The zero-order valence-corrected chi connectivity index (χ0v) is 13.8. The van der Waals surface area contributed by atoms with Crippen LogP contribution in [0.25, 0.3) is 0 Å². The lowest BCUT2D eigenvalue weighted by Gasteiger charge is -2.12. The van der Waals surface area contributed by atoms with E-state index in [2.05, 4.69) is 34.6 Å². The summed E-state index contributed by atoms with van der Waals surface area (Å²) < 4.78 is 2.82. The van der Waals surface area contributed by atoms with Crippen molar-refractivity contribution in [3.63, 3.8) is 0 Å². The fourth-order valence-corrected chi connectivity index (χ4v) is 2.50. The molecule has 0 spiro atoms. The van der Waals surface area contributed by atoms with Crippen molar-refractivity contribution in [1.82, 2.24) is 9.78 Å². The molecule has 0 aliphatic heterocycles. The van der Waals surface area contributed by atoms with Crippen molar-refractivity contribution < 1.29 is 5.11 Å². The molecule has 0 saturated carbocycles. The average Bonchev–Trinajstić information content (AvgIpc) is 2.73. The second-order valence-electron chi connectivity index (χ2n) is 4.50. The standard InChI is InChI=1S/C14H16ClIN2O/c1-3-10-7-11(18(2)17-10)8-14(19)9-4-5-13(16)12(15)6-9/h4-7,14,19H,3,8H2,1-2H3. The Hall–Kier alpha value is -0.590. The molecule has 5 heteroatoms. The second-order valence-corrected chi connectivity index (χ2v) is 6.07. The number of rotatable bonds is 4. The minimum Gasteiger partial charge on any atom is -0.388 e. The van der Waals surface area contributed by atoms with Gasteiger partial charge in [0.1, 0.15) is 0 Å². The Bertz CT molecular complexity index is 583. The first-order chi connectivity index (χ1) is 9.01. The van der Waals surface area contributed by atoms with Crippen LogP contribution in [0.4, 0.5) is 0 Å². The lowest BCUT2D eigenvalue weighted by Crippen LogP contribution is -2.06. The highest BCUT2D eigenvalue weighted by molar-refractivity contribution is 14.1. The lowest BCUT2D eigenvalue weighted by molar-refractivity contribution is 0.176. The first-order valence-corrected chi connectivity index (χ1v) is 7.61. The van der Waals surface area contributed by atoms with Crippen LogP contribution in [0.15, 0.2) is 24.3 Å². The van der Waals surface area contributed by atoms with Crippen LogP contribution in [0.3, 0.4) is 0 Å². The number of aliphatic hydroxyl groups excluding tert-OH is 1. The average molecular weight is 391 g/mol. The topological polar surface area (TPSA) is 38.0 Å². The van der Waals surface area contributed by atoms with Crippen LogP contribution >= 0.6 is 34.2 Å². The molecule has 1 unspecified atom stereocenters. The predicted molar refractivity (Wildman–Crippen MR) is 85.4 cm³/mol. The Morgan fingerprint density at radius 2 is 2.16 bits per heavy atom. The van der Waals surface area contributed by atoms with Crippen LogP contribution in [0, 0.1) is 3.57 Å². The lowest BCUT2D eigenvalue weighted by atomic mass is 10.0. The van der Waals surface area contributed by atoms with Gasteiger partial charge in [-0.3, -0.25) is 4.68 Å². The molecule has 1 N–H and O–H groups in total. The summed E-state index contributed by atoms with van der Waals surface area (Å²) in [5.74, 6) is 0. The van der Waals surface area contributed by atoms with Crippen LogP contribution in [0.2, 0.25) is 5.02 Å². The van der Waals surface area contributed by atoms with Crippen molar-refractivity contribution in [1.29, 1.82) is 0 Å². The van der Waals surface area contributed by atoms with Crippen LogP contribution < -0.4 is 0 Å². The maximum absolute atomic E-state index is 10.3. The first-order valence-electron chi connectivity index (χ1n) is 6.16. The molecule has 0 bridgehead atoms. The van der Waals surface area contributed by atoms with Crippen LogP contribution in [-0.2, 0) is 19.9 Å². The number of hydrogen-bond acceptors (Lipinski definition) is 2. The maximum atomic E-state index is 10.3. The van der Waals surface area contributed by atoms with Gasteiger partial charge in [0.2, 0.25) is 0 Å². The van der Waals surface area contributed by atoms with E-state index in [1.165, 1.54) is 0 Å². The Kier molecular flexibility index (Phi) is 4.86. The van der Waals surface area contributed by atoms with Crippen molar-refractivity contribution in [2.45, 2.75) is 25.9 Å². The zero-order valence-electron chi connectivity index (χ0n) is 10.9. The summed E-state index contributed by atoms with van der Waals surface area (Å²) >= 11 is 8.26. The van der Waals surface area contributed by atoms with E-state index in [0.29, 0.717) is 11.4 Å². The van der Waals surface area contributed by atoms with E-state index in [4.69, 9.17) is 11.6 Å². The molecule has 0 aliphatic carbocycles. The summed E-state index contributed by atoms with van der Waals surface area (Å²) in [6.07, 6.45) is 0.884. The molecule has 0 saturated heterocycles. The number of hydrogen-bond donors (Lipinski definition) is 1. The molecule has 3 nitrogen and oxygen atoms in total. The Labute approximate surface area is 131 Å². The number of halogens is 2. The van der Waals surface area contributed by atoms with E-state index in [0.717, 1.165) is 26.9 Å². The summed E-state index contributed by atoms with van der Waals surface area (Å²) in [6.45, 7) is 2.07. The highest BCUT2D eigenvalue weighted by Crippen LogP contribution is 2.25. The minimum atomic E-state index is -0.561. The molecule has 0 aliphatic rings. The van der Waals surface area contributed by atoms with Gasteiger partial charge in [0, 0.05) is 22.7 Å². The monoisotopic (exact) mass is 390 g/mol. The van der Waals surface area contributed by atoms with Gasteiger partial charge in [-0.15, -0.1) is 0 Å². The minimum absolute atomic E-state index is 0.542. The Morgan fingerprint density at radius 1 is 1.42 bits per heavy atom. The summed E-state index contributed by atoms with van der Waals surface area (Å²) in [5, 5.41) is 15.4. The van der Waals surface area contributed by atoms with Crippen molar-refractivity contribution in [2.75, 3.05) is 0 Å². The van der Waals surface area contributed by atoms with E-state index in [1.54, 1.807) is 0 Å². The third-order valence-electron chi connectivity index (χ3n) is 3.12. The van der Waals surface area contributed by atoms with Gasteiger partial charge in [-0.25, -0.2) is 0 Å². The maximum Gasteiger partial charge on any atom is 0.0845 e. The van der Waals surface area contributed by atoms with Gasteiger partial charge >= 0.3 is 0 Å². The van der Waals surface area contributed by atoms with Gasteiger partial charge in [-0.2, -0.15) is 5.10 Å². The molecule has 1 atom stereocenters. The number of aromatic nitrogens is 2. The van der Waals surface area contributed by atoms with Crippen LogP contribution in [0.5, 0.6) is 0 Å². The van der Waals surface area contributed by atoms with E-state index in [9.17, 15) is 5.11 Å². The summed E-state index contributed by atoms with van der Waals surface area (Å²) in [7, 11) is 1.90. The van der Waals surface area contributed by atoms with Gasteiger partial charge in [0.15, 0.2) is 0 Å². The number of benzene rings is 1. The number of nitrogens with zero attached hydrogens (tertiary/aromatic N) is 2. The van der Waals surface area contributed by atoms with E-state index in [-0.39, 0.29) is 0 Å². The summed E-state index contributed by atoms with van der Waals surface area (Å²) in [5.41, 5.74) is 2.91. The molecule has 19 heavy (non-hydrogen) atoms. The largest absolute Gasteiger partial charge is 0.388 e. The normalized spacial score (nSPS) is 12.7. The Balaban J connectivity index is 2.17. The third-order valence-corrected chi connectivity index (χ3v) is 4.69. The SMILES string of the molecule is CCc1cc(CC(O)c2ccc(I)c(Cl)c2)n(C)n1. The van der Waals surface area contributed by atoms with E-state index >= 15 is 0 Å². The second kappa shape index (κ2) is 6.24. The molecule has 1 aromatic heterocycles. The summed E-state index contributed by atoms with van der Waals surface area (Å²) in [4.78, 5) is 0. The molecule has 2 aromatic rings. The Morgan fingerprint density at radius 3 is 2.74 bits per heavy atom. The van der Waals surface area contributed by atoms with Crippen molar-refractivity contribution >= 4 is 34.2 Å². The van der Waals surface area contributed by atoms with Crippen molar-refractivity contribution in [3.8, 4) is 0 Å². The zero-order chi connectivity index (χ0) is 14.0. The molecular formula is C14H16ClIN2O. The highest BCUT2D eigenvalue weighted by Gasteiger charge is 2.13. The smallest absolute Gasteiger partial charge is 0.0845 e. The third kappa shape index (κ3) is 3.49. The van der Waals surface area contributed by atoms with Gasteiger partial charge in [-0.1, -0.05) is 24.6 Å². The quantitative estimate of drug-likeness (QED) is 0.811. The van der Waals surface area contributed by atoms with Gasteiger partial charge in [-0.05, 0) is 52.8 Å².